The molecule has 0 aromatic heterocycles. The molecule has 5 nitrogen and oxygen atoms in total. The van der Waals surface area contributed by atoms with Gasteiger partial charge < -0.3 is 9.64 Å². The lowest BCUT2D eigenvalue weighted by Gasteiger charge is -2.22. The highest BCUT2D eigenvalue weighted by atomic mass is 32.2. The van der Waals surface area contributed by atoms with Crippen molar-refractivity contribution in [2.24, 2.45) is 0 Å². The van der Waals surface area contributed by atoms with Crippen LogP contribution in [0.4, 0.5) is 0 Å². The molecule has 1 heterocycles. The number of aryl methyl sites for hydroxylation is 1. The summed E-state index contributed by atoms with van der Waals surface area (Å²) in [6.45, 7) is 5.27. The average molecular weight is 312 g/mol. The quantitative estimate of drug-likeness (QED) is 0.802. The molecule has 1 aromatic carbocycles. The molecule has 0 radical (unpaired) electrons. The number of nitrogens with zero attached hydrogens (tertiary/aromatic N) is 2. The maximum atomic E-state index is 12.6. The van der Waals surface area contributed by atoms with Gasteiger partial charge in [0.05, 0.1) is 12.0 Å². The Hall–Kier alpha value is -1.11. The summed E-state index contributed by atoms with van der Waals surface area (Å²) in [5.41, 5.74) is 0.711. The van der Waals surface area contributed by atoms with Gasteiger partial charge in [-0.05, 0) is 56.6 Å². The molecule has 6 heteroatoms. The molecule has 0 atom stereocenters. The van der Waals surface area contributed by atoms with Crippen LogP contribution < -0.4 is 4.74 Å². The van der Waals surface area contributed by atoms with E-state index in [1.165, 1.54) is 17.1 Å². The molecule has 1 aliphatic heterocycles. The van der Waals surface area contributed by atoms with Crippen LogP contribution in [-0.4, -0.2) is 58.0 Å². The zero-order valence-electron chi connectivity index (χ0n) is 13.0. The van der Waals surface area contributed by atoms with E-state index in [0.717, 1.165) is 19.6 Å². The van der Waals surface area contributed by atoms with Crippen molar-refractivity contribution in [3.63, 3.8) is 0 Å². The monoisotopic (exact) mass is 312 g/mol. The fourth-order valence-corrected chi connectivity index (χ4v) is 3.98. The molecule has 0 unspecified atom stereocenters. The standard InChI is InChI=1S/C15H24N2O3S/c1-13-12-14(20-3)6-7-15(13)21(18,19)16(2)10-11-17-8-4-5-9-17/h6-7,12H,4-5,8-11H2,1-3H3. The first-order chi connectivity index (χ1) is 9.95. The molecule has 1 saturated heterocycles. The normalized spacial score (nSPS) is 16.6. The van der Waals surface area contributed by atoms with Gasteiger partial charge in [-0.3, -0.25) is 0 Å². The summed E-state index contributed by atoms with van der Waals surface area (Å²) in [5.74, 6) is 0.672. The summed E-state index contributed by atoms with van der Waals surface area (Å²) < 4.78 is 31.8. The van der Waals surface area contributed by atoms with Crippen molar-refractivity contribution in [1.29, 1.82) is 0 Å². The van der Waals surface area contributed by atoms with Crippen molar-refractivity contribution in [3.05, 3.63) is 23.8 Å². The summed E-state index contributed by atoms with van der Waals surface area (Å²) >= 11 is 0. The van der Waals surface area contributed by atoms with Crippen LogP contribution >= 0.6 is 0 Å². The molecule has 1 fully saturated rings. The Morgan fingerprint density at radius 3 is 2.52 bits per heavy atom. The number of likely N-dealkylation sites (tertiary alicyclic amines) is 1. The highest BCUT2D eigenvalue weighted by Gasteiger charge is 2.23. The van der Waals surface area contributed by atoms with Crippen molar-refractivity contribution in [2.75, 3.05) is 40.3 Å². The van der Waals surface area contributed by atoms with Gasteiger partial charge in [-0.15, -0.1) is 0 Å². The van der Waals surface area contributed by atoms with Crippen molar-refractivity contribution < 1.29 is 13.2 Å². The van der Waals surface area contributed by atoms with Crippen LogP contribution in [0.5, 0.6) is 5.75 Å². The Balaban J connectivity index is 2.09. The topological polar surface area (TPSA) is 49.9 Å². The molecule has 118 valence electrons. The van der Waals surface area contributed by atoms with E-state index < -0.39 is 10.0 Å². The van der Waals surface area contributed by atoms with Crippen LogP contribution in [-0.2, 0) is 10.0 Å². The van der Waals surface area contributed by atoms with Crippen LogP contribution in [0.25, 0.3) is 0 Å². The summed E-state index contributed by atoms with van der Waals surface area (Å²) in [5, 5.41) is 0. The molecule has 1 aliphatic rings. The van der Waals surface area contributed by atoms with Crippen LogP contribution in [0.3, 0.4) is 0 Å². The molecular weight excluding hydrogens is 288 g/mol. The lowest BCUT2D eigenvalue weighted by Crippen LogP contribution is -2.35. The van der Waals surface area contributed by atoms with Gasteiger partial charge in [-0.2, -0.15) is 4.31 Å². The molecule has 0 N–H and O–H groups in total. The molecule has 0 bridgehead atoms. The Bertz CT molecular complexity index is 581. The second-order valence-electron chi connectivity index (χ2n) is 5.51. The predicted molar refractivity (Wildman–Crippen MR) is 83.2 cm³/mol. The number of hydrogen-bond donors (Lipinski definition) is 0. The number of hydrogen-bond acceptors (Lipinski definition) is 4. The molecule has 21 heavy (non-hydrogen) atoms. The van der Waals surface area contributed by atoms with E-state index >= 15 is 0 Å². The molecule has 0 amide bonds. The highest BCUT2D eigenvalue weighted by molar-refractivity contribution is 7.89. The van der Waals surface area contributed by atoms with Gasteiger partial charge >= 0.3 is 0 Å². The van der Waals surface area contributed by atoms with E-state index in [1.54, 1.807) is 39.3 Å². The van der Waals surface area contributed by atoms with Crippen LogP contribution in [0.1, 0.15) is 18.4 Å². The molecule has 2 rings (SSSR count). The minimum absolute atomic E-state index is 0.354. The molecule has 1 aromatic rings. The van der Waals surface area contributed by atoms with Crippen molar-refractivity contribution in [2.45, 2.75) is 24.7 Å². The highest BCUT2D eigenvalue weighted by Crippen LogP contribution is 2.23. The van der Waals surface area contributed by atoms with E-state index in [1.807, 2.05) is 0 Å². The zero-order chi connectivity index (χ0) is 15.5. The smallest absolute Gasteiger partial charge is 0.243 e. The SMILES string of the molecule is COc1ccc(S(=O)(=O)N(C)CCN2CCCC2)c(C)c1. The van der Waals surface area contributed by atoms with Gasteiger partial charge in [-0.1, -0.05) is 0 Å². The number of likely N-dealkylation sites (N-methyl/N-ethyl adjacent to an activating group) is 1. The van der Waals surface area contributed by atoms with Crippen LogP contribution in [0.15, 0.2) is 23.1 Å². The minimum atomic E-state index is -3.44. The Kier molecular flexibility index (Phi) is 5.24. The third kappa shape index (κ3) is 3.75. The largest absolute Gasteiger partial charge is 0.497 e. The number of benzene rings is 1. The number of rotatable bonds is 6. The number of ether oxygens (including phenoxy) is 1. The van der Waals surface area contributed by atoms with E-state index in [0.29, 0.717) is 22.8 Å². The minimum Gasteiger partial charge on any atom is -0.497 e. The van der Waals surface area contributed by atoms with Gasteiger partial charge in [0.25, 0.3) is 0 Å². The first-order valence-electron chi connectivity index (χ1n) is 7.28. The Morgan fingerprint density at radius 1 is 1.29 bits per heavy atom. The third-order valence-corrected chi connectivity index (χ3v) is 6.02. The maximum absolute atomic E-state index is 12.6. The molecule has 0 saturated carbocycles. The van der Waals surface area contributed by atoms with E-state index in [-0.39, 0.29) is 0 Å². The van der Waals surface area contributed by atoms with Crippen molar-refractivity contribution in [1.82, 2.24) is 9.21 Å². The zero-order valence-corrected chi connectivity index (χ0v) is 13.8. The summed E-state index contributed by atoms with van der Waals surface area (Å²) in [7, 11) is -0.213. The lowest BCUT2D eigenvalue weighted by molar-refractivity contribution is 0.310. The second-order valence-corrected chi connectivity index (χ2v) is 7.52. The fraction of sp³-hybridized carbons (Fsp3) is 0.600. The molecule has 0 aliphatic carbocycles. The van der Waals surface area contributed by atoms with E-state index in [4.69, 9.17) is 4.74 Å². The lowest BCUT2D eigenvalue weighted by atomic mass is 10.2. The number of sulfonamides is 1. The van der Waals surface area contributed by atoms with Gasteiger partial charge in [0.15, 0.2) is 0 Å². The third-order valence-electron chi connectivity index (χ3n) is 4.00. The Labute approximate surface area is 127 Å². The average Bonchev–Trinajstić information content (AvgIpc) is 2.97. The van der Waals surface area contributed by atoms with E-state index in [2.05, 4.69) is 4.90 Å². The van der Waals surface area contributed by atoms with Gasteiger partial charge in [0.1, 0.15) is 5.75 Å². The van der Waals surface area contributed by atoms with Gasteiger partial charge in [0.2, 0.25) is 10.0 Å². The summed E-state index contributed by atoms with van der Waals surface area (Å²) in [6, 6.07) is 5.06. The van der Waals surface area contributed by atoms with Gasteiger partial charge in [0, 0.05) is 20.1 Å². The maximum Gasteiger partial charge on any atom is 0.243 e. The summed E-state index contributed by atoms with van der Waals surface area (Å²) in [6.07, 6.45) is 2.43. The predicted octanol–water partition coefficient (Wildman–Crippen LogP) is 1.72. The summed E-state index contributed by atoms with van der Waals surface area (Å²) in [4.78, 5) is 2.67. The number of methoxy groups -OCH3 is 1. The van der Waals surface area contributed by atoms with Gasteiger partial charge in [-0.25, -0.2) is 8.42 Å². The second kappa shape index (κ2) is 6.77. The van der Waals surface area contributed by atoms with Crippen molar-refractivity contribution in [3.8, 4) is 5.75 Å². The van der Waals surface area contributed by atoms with E-state index in [9.17, 15) is 8.42 Å². The molecular formula is C15H24N2O3S. The first kappa shape index (κ1) is 16.3. The Morgan fingerprint density at radius 2 is 1.95 bits per heavy atom. The van der Waals surface area contributed by atoms with Crippen LogP contribution in [0, 0.1) is 6.92 Å². The fourth-order valence-electron chi connectivity index (χ4n) is 2.61. The van der Waals surface area contributed by atoms with Crippen LogP contribution in [0.2, 0.25) is 0 Å². The first-order valence-corrected chi connectivity index (χ1v) is 8.72. The van der Waals surface area contributed by atoms with Crippen molar-refractivity contribution >= 4 is 10.0 Å². The molecule has 0 spiro atoms.